The van der Waals surface area contributed by atoms with Crippen molar-refractivity contribution in [3.05, 3.63) is 48.5 Å². The van der Waals surface area contributed by atoms with E-state index in [1.54, 1.807) is 6.21 Å². The molecule has 1 aliphatic carbocycles. The van der Waals surface area contributed by atoms with E-state index in [1.807, 2.05) is 48.5 Å². The maximum absolute atomic E-state index is 6.09. The number of unbranched alkanes of at least 4 members (excludes halogenated alkanes) is 1. The first-order valence-electron chi connectivity index (χ1n) is 11.3. The van der Waals surface area contributed by atoms with E-state index in [-0.39, 0.29) is 0 Å². The van der Waals surface area contributed by atoms with Crippen molar-refractivity contribution in [3.63, 3.8) is 0 Å². The molecule has 0 radical (unpaired) electrons. The van der Waals surface area contributed by atoms with Crippen LogP contribution in [0.2, 0.25) is 0 Å². The monoisotopic (exact) mass is 431 g/mol. The minimum atomic E-state index is 0.309. The Hall–Kier alpha value is -3.48. The van der Waals surface area contributed by atoms with Crippen molar-refractivity contribution < 1.29 is 9.15 Å². The van der Waals surface area contributed by atoms with Gasteiger partial charge >= 0.3 is 0 Å². The maximum atomic E-state index is 6.09. The molecule has 0 spiro atoms. The van der Waals surface area contributed by atoms with Crippen molar-refractivity contribution in [1.82, 2.24) is 10.2 Å². The molecule has 2 N–H and O–H groups in total. The molecule has 2 aromatic carbocycles. The Morgan fingerprint density at radius 3 is 2.56 bits per heavy atom. The van der Waals surface area contributed by atoms with Crippen LogP contribution in [0.5, 0.6) is 5.75 Å². The number of hydrazone groups is 1. The summed E-state index contributed by atoms with van der Waals surface area (Å²) < 4.78 is 12.0. The molecule has 1 aliphatic rings. The minimum Gasteiger partial charge on any atom is -0.490 e. The lowest BCUT2D eigenvalue weighted by molar-refractivity contribution is 0.210. The first kappa shape index (κ1) is 21.7. The van der Waals surface area contributed by atoms with E-state index in [9.17, 15) is 0 Å². The fourth-order valence-corrected chi connectivity index (χ4v) is 3.72. The van der Waals surface area contributed by atoms with Gasteiger partial charge in [0.1, 0.15) is 5.75 Å². The molecule has 0 atom stereocenters. The zero-order chi connectivity index (χ0) is 22.2. The molecule has 1 aromatic heterocycles. The Kier molecular flexibility index (Phi) is 7.27. The fourth-order valence-electron chi connectivity index (χ4n) is 3.72. The van der Waals surface area contributed by atoms with Crippen LogP contribution in [-0.2, 0) is 0 Å². The zero-order valence-electron chi connectivity index (χ0n) is 18.4. The summed E-state index contributed by atoms with van der Waals surface area (Å²) in [5, 5.41) is 12.2. The molecule has 3 aromatic rings. The Bertz CT molecular complexity index is 1070. The third-order valence-electron chi connectivity index (χ3n) is 5.54. The summed E-state index contributed by atoms with van der Waals surface area (Å²) in [4.78, 5) is 4.45. The Morgan fingerprint density at radius 1 is 1.09 bits per heavy atom. The molecule has 0 unspecified atom stereocenters. The largest absolute Gasteiger partial charge is 0.490 e. The third kappa shape index (κ3) is 5.60. The van der Waals surface area contributed by atoms with Crippen molar-refractivity contribution in [1.29, 1.82) is 0 Å². The van der Waals surface area contributed by atoms with Gasteiger partial charge in [0, 0.05) is 11.1 Å². The van der Waals surface area contributed by atoms with Crippen molar-refractivity contribution in [2.75, 3.05) is 0 Å². The highest BCUT2D eigenvalue weighted by Crippen LogP contribution is 2.29. The quantitative estimate of drug-likeness (QED) is 0.257. The molecule has 7 nitrogen and oxygen atoms in total. The highest BCUT2D eigenvalue weighted by atomic mass is 16.5. The SMILES string of the molecule is CCCC/C(C=Nc1ccc(-c2nnc(-c3cccc(OC4CCCC4)c3)o2)cc1)=N/N. The fraction of sp³-hybridized carbons (Fsp3) is 0.360. The van der Waals surface area contributed by atoms with Gasteiger partial charge in [0.15, 0.2) is 0 Å². The predicted molar refractivity (Wildman–Crippen MR) is 127 cm³/mol. The van der Waals surface area contributed by atoms with Crippen molar-refractivity contribution in [2.24, 2.45) is 15.9 Å². The summed E-state index contributed by atoms with van der Waals surface area (Å²) in [6.45, 7) is 2.13. The second-order valence-corrected chi connectivity index (χ2v) is 7.99. The van der Waals surface area contributed by atoms with Crippen LogP contribution >= 0.6 is 0 Å². The number of nitrogens with two attached hydrogens (primary N) is 1. The van der Waals surface area contributed by atoms with Crippen LogP contribution in [0.3, 0.4) is 0 Å². The number of ether oxygens (including phenoxy) is 1. The Morgan fingerprint density at radius 2 is 1.84 bits per heavy atom. The van der Waals surface area contributed by atoms with Crippen molar-refractivity contribution in [3.8, 4) is 28.7 Å². The first-order chi connectivity index (χ1) is 15.7. The number of aliphatic imine (C=N–C) groups is 1. The Balaban J connectivity index is 1.43. The highest BCUT2D eigenvalue weighted by Gasteiger charge is 2.17. The van der Waals surface area contributed by atoms with E-state index < -0.39 is 0 Å². The van der Waals surface area contributed by atoms with Crippen LogP contribution in [-0.4, -0.2) is 28.2 Å². The molecule has 1 saturated carbocycles. The smallest absolute Gasteiger partial charge is 0.248 e. The molecular formula is C25H29N5O2. The summed E-state index contributed by atoms with van der Waals surface area (Å²) >= 11 is 0. The summed E-state index contributed by atoms with van der Waals surface area (Å²) in [5.41, 5.74) is 3.28. The van der Waals surface area contributed by atoms with Crippen LogP contribution in [0.25, 0.3) is 22.9 Å². The van der Waals surface area contributed by atoms with Crippen molar-refractivity contribution in [2.45, 2.75) is 58.0 Å². The number of rotatable bonds is 9. The molecule has 4 rings (SSSR count). The van der Waals surface area contributed by atoms with E-state index in [4.69, 9.17) is 15.0 Å². The molecular weight excluding hydrogens is 402 g/mol. The molecule has 0 amide bonds. The van der Waals surface area contributed by atoms with Gasteiger partial charge in [-0.25, -0.2) is 0 Å². The van der Waals surface area contributed by atoms with Crippen LogP contribution in [0, 0.1) is 0 Å². The average Bonchev–Trinajstić information content (AvgIpc) is 3.52. The highest BCUT2D eigenvalue weighted by molar-refractivity contribution is 6.30. The van der Waals surface area contributed by atoms with E-state index in [2.05, 4.69) is 27.2 Å². The number of aromatic nitrogens is 2. The van der Waals surface area contributed by atoms with Crippen molar-refractivity contribution >= 4 is 17.6 Å². The lowest BCUT2D eigenvalue weighted by Crippen LogP contribution is -2.10. The average molecular weight is 432 g/mol. The number of nitrogens with zero attached hydrogens (tertiary/aromatic N) is 4. The van der Waals surface area contributed by atoms with E-state index in [1.165, 1.54) is 12.8 Å². The number of hydrogen-bond acceptors (Lipinski definition) is 7. The van der Waals surface area contributed by atoms with Gasteiger partial charge < -0.3 is 15.0 Å². The van der Waals surface area contributed by atoms with Crippen LogP contribution < -0.4 is 10.6 Å². The summed E-state index contributed by atoms with van der Waals surface area (Å²) in [6.07, 6.45) is 9.69. The zero-order valence-corrected chi connectivity index (χ0v) is 18.4. The summed E-state index contributed by atoms with van der Waals surface area (Å²) in [7, 11) is 0. The molecule has 7 heteroatoms. The lowest BCUT2D eigenvalue weighted by atomic mass is 10.2. The van der Waals surface area contributed by atoms with Crippen LogP contribution in [0.15, 0.2) is 63.0 Å². The standard InChI is InChI=1S/C25H29N5O2/c1-2-3-8-21(28-26)17-27-20-14-12-18(13-15-20)24-29-30-25(32-24)19-7-6-11-23(16-19)31-22-9-4-5-10-22/h6-7,11-17,22H,2-5,8-10,26H2,1H3/b27-17?,28-21-. The molecule has 1 fully saturated rings. The van der Waals surface area contributed by atoms with Gasteiger partial charge in [-0.3, -0.25) is 4.99 Å². The molecule has 1 heterocycles. The number of hydrogen-bond donors (Lipinski definition) is 1. The van der Waals surface area contributed by atoms with Crippen LogP contribution in [0.1, 0.15) is 51.9 Å². The maximum Gasteiger partial charge on any atom is 0.248 e. The molecule has 0 bridgehead atoms. The van der Waals surface area contributed by atoms with Gasteiger partial charge in [0.05, 0.1) is 23.7 Å². The van der Waals surface area contributed by atoms with Crippen LogP contribution in [0.4, 0.5) is 5.69 Å². The molecule has 32 heavy (non-hydrogen) atoms. The molecule has 0 aliphatic heterocycles. The normalized spacial score (nSPS) is 15.0. The van der Waals surface area contributed by atoms with E-state index in [0.29, 0.717) is 17.9 Å². The van der Waals surface area contributed by atoms with Gasteiger partial charge in [0.2, 0.25) is 11.8 Å². The first-order valence-corrected chi connectivity index (χ1v) is 11.3. The lowest BCUT2D eigenvalue weighted by Gasteiger charge is -2.13. The second kappa shape index (κ2) is 10.7. The Labute approximate surface area is 188 Å². The van der Waals surface area contributed by atoms with Gasteiger partial charge in [-0.1, -0.05) is 19.4 Å². The number of benzene rings is 2. The van der Waals surface area contributed by atoms with E-state index in [0.717, 1.165) is 60.4 Å². The summed E-state index contributed by atoms with van der Waals surface area (Å²) in [5.74, 6) is 7.22. The minimum absolute atomic E-state index is 0.309. The third-order valence-corrected chi connectivity index (χ3v) is 5.54. The van der Waals surface area contributed by atoms with Gasteiger partial charge in [-0.15, -0.1) is 10.2 Å². The van der Waals surface area contributed by atoms with Gasteiger partial charge in [-0.2, -0.15) is 5.10 Å². The second-order valence-electron chi connectivity index (χ2n) is 7.99. The topological polar surface area (TPSA) is 98.9 Å². The van der Waals surface area contributed by atoms with E-state index >= 15 is 0 Å². The summed E-state index contributed by atoms with van der Waals surface area (Å²) in [6, 6.07) is 15.5. The molecule has 0 saturated heterocycles. The van der Waals surface area contributed by atoms with Gasteiger partial charge in [0.25, 0.3) is 0 Å². The predicted octanol–water partition coefficient (Wildman–Crippen LogP) is 5.93. The van der Waals surface area contributed by atoms with Gasteiger partial charge in [-0.05, 0) is 81.0 Å². The molecule has 166 valence electrons.